The summed E-state index contributed by atoms with van der Waals surface area (Å²) < 4.78 is 6.42. The summed E-state index contributed by atoms with van der Waals surface area (Å²) in [5.41, 5.74) is 8.25. The van der Waals surface area contributed by atoms with Crippen LogP contribution in [0.1, 0.15) is 44.1 Å². The van der Waals surface area contributed by atoms with Gasteiger partial charge in [0.15, 0.2) is 10.1 Å². The molecule has 3 N–H and O–H groups in total. The van der Waals surface area contributed by atoms with Gasteiger partial charge in [0.05, 0.1) is 34.0 Å². The number of carbonyl (C=O) groups excluding carboxylic acids is 2. The number of nitrogens with zero attached hydrogens (tertiary/aromatic N) is 4. The number of nitrogens with two attached hydrogens (primary N) is 1. The van der Waals surface area contributed by atoms with Crippen molar-refractivity contribution in [1.82, 2.24) is 10.2 Å². The third-order valence-corrected chi connectivity index (χ3v) is 8.86. The smallest absolute Gasteiger partial charge is 0.234 e. The summed E-state index contributed by atoms with van der Waals surface area (Å²) in [5.74, 6) is 0.479. The van der Waals surface area contributed by atoms with Crippen molar-refractivity contribution in [3.63, 3.8) is 0 Å². The first-order valence-corrected chi connectivity index (χ1v) is 14.3. The lowest BCUT2D eigenvalue weighted by atomic mass is 9.69. The van der Waals surface area contributed by atoms with E-state index >= 15 is 0 Å². The molecule has 1 amide bonds. The summed E-state index contributed by atoms with van der Waals surface area (Å²) in [4.78, 5) is 27.7. The SMILES string of the molecule is Cc1ccc(C2C(C#N)=C(N)N(c3nnc(SCC(=O)Nc4ccccc4Cl)s3)C3=C2C(=O)CC(C)(C)C3)o1. The maximum atomic E-state index is 13.5. The molecular formula is C27H25ClN6O3S2. The number of nitriles is 1. The molecule has 0 saturated carbocycles. The Morgan fingerprint density at radius 3 is 2.77 bits per heavy atom. The first kappa shape index (κ1) is 27.0. The van der Waals surface area contributed by atoms with Gasteiger partial charge >= 0.3 is 0 Å². The Morgan fingerprint density at radius 2 is 2.08 bits per heavy atom. The van der Waals surface area contributed by atoms with Crippen LogP contribution in [0.15, 0.2) is 67.8 Å². The number of carbonyl (C=O) groups is 2. The van der Waals surface area contributed by atoms with Crippen LogP contribution in [0, 0.1) is 23.7 Å². The molecule has 1 aliphatic heterocycles. The van der Waals surface area contributed by atoms with E-state index in [2.05, 4.69) is 21.6 Å². The lowest BCUT2D eigenvalue weighted by Gasteiger charge is -2.42. The highest BCUT2D eigenvalue weighted by molar-refractivity contribution is 8.01. The fourth-order valence-corrected chi connectivity index (χ4v) is 6.71. The summed E-state index contributed by atoms with van der Waals surface area (Å²) >= 11 is 8.58. The fourth-order valence-electron chi connectivity index (χ4n) is 4.85. The van der Waals surface area contributed by atoms with E-state index in [-0.39, 0.29) is 34.3 Å². The van der Waals surface area contributed by atoms with Gasteiger partial charge in [0.2, 0.25) is 11.0 Å². The van der Waals surface area contributed by atoms with Crippen molar-refractivity contribution in [3.8, 4) is 6.07 Å². The number of nitrogens with one attached hydrogen (secondary N) is 1. The number of thioether (sulfide) groups is 1. The first-order valence-electron chi connectivity index (χ1n) is 12.1. The number of aryl methyl sites for hydroxylation is 1. The Hall–Kier alpha value is -3.59. The van der Waals surface area contributed by atoms with Gasteiger partial charge in [-0.15, -0.1) is 10.2 Å². The number of halogens is 1. The molecule has 2 aliphatic rings. The Balaban J connectivity index is 1.46. The summed E-state index contributed by atoms with van der Waals surface area (Å²) in [7, 11) is 0. The van der Waals surface area contributed by atoms with Gasteiger partial charge < -0.3 is 15.5 Å². The second kappa shape index (κ2) is 10.5. The fraction of sp³-hybridized carbons (Fsp3) is 0.296. The summed E-state index contributed by atoms with van der Waals surface area (Å²) in [6.45, 7) is 5.86. The molecule has 0 fully saturated rings. The van der Waals surface area contributed by atoms with E-state index in [0.717, 1.165) is 0 Å². The van der Waals surface area contributed by atoms with Crippen LogP contribution < -0.4 is 16.0 Å². The van der Waals surface area contributed by atoms with Crippen molar-refractivity contribution in [2.75, 3.05) is 16.0 Å². The molecule has 9 nitrogen and oxygen atoms in total. The minimum atomic E-state index is -0.686. The highest BCUT2D eigenvalue weighted by atomic mass is 35.5. The van der Waals surface area contributed by atoms with E-state index in [1.54, 1.807) is 41.3 Å². The largest absolute Gasteiger partial charge is 0.465 e. The summed E-state index contributed by atoms with van der Waals surface area (Å²) in [6, 6.07) is 12.8. The zero-order valence-electron chi connectivity index (χ0n) is 21.4. The number of ketones is 1. The molecule has 39 heavy (non-hydrogen) atoms. The molecule has 0 bridgehead atoms. The molecule has 1 aliphatic carbocycles. The first-order chi connectivity index (χ1) is 18.6. The molecule has 3 aromatic rings. The zero-order chi connectivity index (χ0) is 27.9. The number of aromatic nitrogens is 2. The molecule has 12 heteroatoms. The predicted octanol–water partition coefficient (Wildman–Crippen LogP) is 5.76. The molecule has 5 rings (SSSR count). The van der Waals surface area contributed by atoms with Crippen molar-refractivity contribution in [1.29, 1.82) is 5.26 Å². The Morgan fingerprint density at radius 1 is 1.31 bits per heavy atom. The van der Waals surface area contributed by atoms with Gasteiger partial charge in [0.25, 0.3) is 0 Å². The summed E-state index contributed by atoms with van der Waals surface area (Å²) in [5, 5.41) is 22.4. The van der Waals surface area contributed by atoms with Crippen LogP contribution in [-0.2, 0) is 9.59 Å². The van der Waals surface area contributed by atoms with Gasteiger partial charge in [0, 0.05) is 17.7 Å². The van der Waals surface area contributed by atoms with Gasteiger partial charge in [-0.25, -0.2) is 0 Å². The van der Waals surface area contributed by atoms with E-state index in [1.165, 1.54) is 23.1 Å². The molecule has 0 radical (unpaired) electrons. The highest BCUT2D eigenvalue weighted by Gasteiger charge is 2.46. The number of para-hydroxylation sites is 1. The number of hydrogen-bond acceptors (Lipinski definition) is 10. The number of amides is 1. The van der Waals surface area contributed by atoms with Gasteiger partial charge in [0.1, 0.15) is 17.3 Å². The monoisotopic (exact) mass is 580 g/mol. The number of Topliss-reactive ketones (excluding diaryl/α,β-unsaturated/α-hetero) is 1. The lowest BCUT2D eigenvalue weighted by molar-refractivity contribution is -0.118. The second-order valence-corrected chi connectivity index (χ2v) is 12.7. The molecule has 0 spiro atoms. The van der Waals surface area contributed by atoms with Crippen molar-refractivity contribution in [3.05, 3.63) is 75.6 Å². The standard InChI is InChI=1S/C27H25ClN6O3S2/c1-14-8-9-20(37-14)22-15(12-29)24(30)34(18-10-27(2,3)11-19(35)23(18)22)25-32-33-26(39-25)38-13-21(36)31-17-7-5-4-6-16(17)28/h4-9,22H,10-11,13,30H2,1-3H3,(H,31,36). The van der Waals surface area contributed by atoms with Crippen LogP contribution in [0.3, 0.4) is 0 Å². The van der Waals surface area contributed by atoms with Crippen molar-refractivity contribution in [2.45, 2.75) is 43.9 Å². The van der Waals surface area contributed by atoms with Crippen LogP contribution in [-0.4, -0.2) is 27.6 Å². The van der Waals surface area contributed by atoms with Gasteiger partial charge in [-0.3, -0.25) is 14.5 Å². The average molecular weight is 581 g/mol. The van der Waals surface area contributed by atoms with Crippen molar-refractivity contribution in [2.24, 2.45) is 11.1 Å². The Labute approximate surface area is 238 Å². The van der Waals surface area contributed by atoms with E-state index in [0.29, 0.717) is 55.8 Å². The van der Waals surface area contributed by atoms with Gasteiger partial charge in [-0.05, 0) is 43.0 Å². The zero-order valence-corrected chi connectivity index (χ0v) is 23.8. The summed E-state index contributed by atoms with van der Waals surface area (Å²) in [6.07, 6.45) is 0.887. The molecule has 0 saturated heterocycles. The van der Waals surface area contributed by atoms with Gasteiger partial charge in [-0.2, -0.15) is 5.26 Å². The number of anilines is 2. The number of rotatable bonds is 6. The Bertz CT molecular complexity index is 1580. The van der Waals surface area contributed by atoms with Crippen LogP contribution in [0.5, 0.6) is 0 Å². The number of allylic oxidation sites excluding steroid dienone is 3. The van der Waals surface area contributed by atoms with Crippen LogP contribution >= 0.6 is 34.7 Å². The van der Waals surface area contributed by atoms with Crippen molar-refractivity contribution < 1.29 is 14.0 Å². The number of furan rings is 1. The minimum Gasteiger partial charge on any atom is -0.465 e. The third-order valence-electron chi connectivity index (χ3n) is 6.49. The number of hydrogen-bond donors (Lipinski definition) is 2. The van der Waals surface area contributed by atoms with Crippen LogP contribution in [0.4, 0.5) is 10.8 Å². The second-order valence-electron chi connectivity index (χ2n) is 10.1. The van der Waals surface area contributed by atoms with Crippen LogP contribution in [0.25, 0.3) is 0 Å². The molecule has 1 aromatic carbocycles. The van der Waals surface area contributed by atoms with E-state index in [4.69, 9.17) is 21.8 Å². The maximum absolute atomic E-state index is 13.5. The quantitative estimate of drug-likeness (QED) is 0.348. The number of benzene rings is 1. The molecule has 1 unspecified atom stereocenters. The lowest BCUT2D eigenvalue weighted by Crippen LogP contribution is -2.42. The minimum absolute atomic E-state index is 0.0547. The molecule has 200 valence electrons. The normalized spacial score (nSPS) is 18.7. The predicted molar refractivity (Wildman–Crippen MR) is 151 cm³/mol. The highest BCUT2D eigenvalue weighted by Crippen LogP contribution is 2.51. The van der Waals surface area contributed by atoms with Crippen LogP contribution in [0.2, 0.25) is 5.02 Å². The molecule has 1 atom stereocenters. The van der Waals surface area contributed by atoms with E-state index in [1.807, 2.05) is 20.8 Å². The molecule has 2 aromatic heterocycles. The van der Waals surface area contributed by atoms with E-state index in [9.17, 15) is 14.9 Å². The van der Waals surface area contributed by atoms with E-state index < -0.39 is 5.92 Å². The third kappa shape index (κ3) is 5.32. The average Bonchev–Trinajstić information content (AvgIpc) is 3.51. The van der Waals surface area contributed by atoms with Gasteiger partial charge in [-0.1, -0.05) is 60.7 Å². The van der Waals surface area contributed by atoms with Crippen molar-refractivity contribution >= 4 is 57.2 Å². The molecule has 3 heterocycles. The maximum Gasteiger partial charge on any atom is 0.234 e. The molecular weight excluding hydrogens is 556 g/mol. The Kier molecular flexibility index (Phi) is 7.29. The topological polar surface area (TPSA) is 138 Å².